The van der Waals surface area contributed by atoms with Crippen LogP contribution in [-0.2, 0) is 17.8 Å². The summed E-state index contributed by atoms with van der Waals surface area (Å²) in [6.07, 6.45) is 1.28. The van der Waals surface area contributed by atoms with Gasteiger partial charge in [0.05, 0.1) is 12.1 Å². The van der Waals surface area contributed by atoms with Crippen LogP contribution in [0.15, 0.2) is 34.9 Å². The van der Waals surface area contributed by atoms with E-state index in [0.717, 1.165) is 29.0 Å². The summed E-state index contributed by atoms with van der Waals surface area (Å²) in [5, 5.41) is 3.93. The molecule has 0 fully saturated rings. The van der Waals surface area contributed by atoms with Gasteiger partial charge in [-0.1, -0.05) is 42.4 Å². The highest BCUT2D eigenvalue weighted by molar-refractivity contribution is 5.79. The minimum absolute atomic E-state index is 0.118. The number of aryl methyl sites for hydroxylation is 2. The third-order valence-corrected chi connectivity index (χ3v) is 4.15. The number of carbonyl (C=O) groups is 1. The van der Waals surface area contributed by atoms with Gasteiger partial charge in [0.1, 0.15) is 5.76 Å². The number of aromatic nitrogens is 1. The molecule has 1 amide bonds. The fraction of sp³-hybridized carbons (Fsp3) is 0.444. The number of amides is 1. The largest absolute Gasteiger partial charge is 0.361 e. The number of hydrogen-bond donors (Lipinski definition) is 0. The number of benzene rings is 1. The van der Waals surface area contributed by atoms with Crippen molar-refractivity contribution in [1.29, 1.82) is 0 Å². The second kappa shape index (κ2) is 7.25. The van der Waals surface area contributed by atoms with Crippen LogP contribution in [0.1, 0.15) is 42.8 Å². The van der Waals surface area contributed by atoms with Gasteiger partial charge >= 0.3 is 0 Å². The lowest BCUT2D eigenvalue weighted by Crippen LogP contribution is -2.38. The Hall–Kier alpha value is -2.10. The molecule has 0 aliphatic carbocycles. The Balaban J connectivity index is 2.16. The monoisotopic (exact) mass is 300 g/mol. The maximum absolute atomic E-state index is 12.8. The van der Waals surface area contributed by atoms with Crippen LogP contribution < -0.4 is 0 Å². The van der Waals surface area contributed by atoms with E-state index in [4.69, 9.17) is 4.52 Å². The van der Waals surface area contributed by atoms with Gasteiger partial charge in [-0.15, -0.1) is 0 Å². The van der Waals surface area contributed by atoms with Crippen molar-refractivity contribution >= 4 is 5.91 Å². The minimum Gasteiger partial charge on any atom is -0.361 e. The first kappa shape index (κ1) is 16.3. The van der Waals surface area contributed by atoms with Crippen molar-refractivity contribution in [2.24, 2.45) is 0 Å². The van der Waals surface area contributed by atoms with Gasteiger partial charge in [0.2, 0.25) is 5.91 Å². The van der Waals surface area contributed by atoms with E-state index in [1.54, 1.807) is 0 Å². The molecule has 2 rings (SSSR count). The lowest BCUT2D eigenvalue weighted by atomic mass is 10.1. The van der Waals surface area contributed by atoms with E-state index in [0.29, 0.717) is 13.0 Å². The van der Waals surface area contributed by atoms with Gasteiger partial charge < -0.3 is 9.42 Å². The first-order valence-electron chi connectivity index (χ1n) is 7.78. The van der Waals surface area contributed by atoms with Crippen LogP contribution in [0.5, 0.6) is 0 Å². The predicted molar refractivity (Wildman–Crippen MR) is 86.4 cm³/mol. The normalized spacial score (nSPS) is 12.2. The quantitative estimate of drug-likeness (QED) is 0.818. The van der Waals surface area contributed by atoms with Gasteiger partial charge in [0.15, 0.2) is 0 Å². The SMILES string of the molecule is CCC(C)N(Cc1ccccc1)C(=O)Cc1c(C)noc1C. The van der Waals surface area contributed by atoms with Gasteiger partial charge in [0, 0.05) is 18.2 Å². The van der Waals surface area contributed by atoms with Crippen molar-refractivity contribution < 1.29 is 9.32 Å². The first-order valence-corrected chi connectivity index (χ1v) is 7.78. The van der Waals surface area contributed by atoms with E-state index in [1.165, 1.54) is 0 Å². The molecule has 0 radical (unpaired) electrons. The highest BCUT2D eigenvalue weighted by Crippen LogP contribution is 2.17. The van der Waals surface area contributed by atoms with E-state index in [1.807, 2.05) is 36.9 Å². The highest BCUT2D eigenvalue weighted by Gasteiger charge is 2.22. The fourth-order valence-corrected chi connectivity index (χ4v) is 2.50. The smallest absolute Gasteiger partial charge is 0.227 e. The van der Waals surface area contributed by atoms with E-state index >= 15 is 0 Å². The molecule has 4 nitrogen and oxygen atoms in total. The maximum Gasteiger partial charge on any atom is 0.227 e. The molecule has 0 aliphatic heterocycles. The van der Waals surface area contributed by atoms with E-state index in [2.05, 4.69) is 31.1 Å². The second-order valence-corrected chi connectivity index (χ2v) is 5.74. The molecule has 1 aromatic heterocycles. The summed E-state index contributed by atoms with van der Waals surface area (Å²) in [5.41, 5.74) is 2.86. The number of rotatable bonds is 6. The summed E-state index contributed by atoms with van der Waals surface area (Å²) < 4.78 is 5.16. The molecule has 0 bridgehead atoms. The third kappa shape index (κ3) is 3.75. The van der Waals surface area contributed by atoms with Crippen molar-refractivity contribution in [2.75, 3.05) is 0 Å². The van der Waals surface area contributed by atoms with Gasteiger partial charge in [-0.2, -0.15) is 0 Å². The summed E-state index contributed by atoms with van der Waals surface area (Å²) in [6.45, 7) is 8.56. The Kier molecular flexibility index (Phi) is 5.36. The fourth-order valence-electron chi connectivity index (χ4n) is 2.50. The number of nitrogens with zero attached hydrogens (tertiary/aromatic N) is 2. The van der Waals surface area contributed by atoms with E-state index in [-0.39, 0.29) is 11.9 Å². The Morgan fingerprint density at radius 3 is 2.50 bits per heavy atom. The van der Waals surface area contributed by atoms with Crippen LogP contribution >= 0.6 is 0 Å². The first-order chi connectivity index (χ1) is 10.5. The molecule has 1 unspecified atom stereocenters. The zero-order valence-electron chi connectivity index (χ0n) is 13.8. The van der Waals surface area contributed by atoms with Gasteiger partial charge in [-0.25, -0.2) is 0 Å². The molecule has 0 saturated carbocycles. The van der Waals surface area contributed by atoms with Crippen LogP contribution in [0.3, 0.4) is 0 Å². The summed E-state index contributed by atoms with van der Waals surface area (Å²) in [4.78, 5) is 14.7. The standard InChI is InChI=1S/C18H24N2O2/c1-5-13(2)20(12-16-9-7-6-8-10-16)18(21)11-17-14(3)19-22-15(17)4/h6-10,13H,5,11-12H2,1-4H3. The summed E-state index contributed by atoms with van der Waals surface area (Å²) in [7, 11) is 0. The van der Waals surface area contributed by atoms with Crippen molar-refractivity contribution in [3.63, 3.8) is 0 Å². The van der Waals surface area contributed by atoms with Crippen LogP contribution in [0.2, 0.25) is 0 Å². The van der Waals surface area contributed by atoms with Crippen molar-refractivity contribution in [1.82, 2.24) is 10.1 Å². The predicted octanol–water partition coefficient (Wildman–Crippen LogP) is 3.66. The summed E-state index contributed by atoms with van der Waals surface area (Å²) in [5.74, 6) is 0.849. The molecule has 1 heterocycles. The molecular formula is C18H24N2O2. The molecule has 1 aromatic carbocycles. The molecule has 22 heavy (non-hydrogen) atoms. The maximum atomic E-state index is 12.8. The highest BCUT2D eigenvalue weighted by atomic mass is 16.5. The Morgan fingerprint density at radius 1 is 1.27 bits per heavy atom. The van der Waals surface area contributed by atoms with Crippen LogP contribution in [-0.4, -0.2) is 22.0 Å². The Labute approximate surface area is 132 Å². The van der Waals surface area contributed by atoms with E-state index in [9.17, 15) is 4.79 Å². The van der Waals surface area contributed by atoms with Gasteiger partial charge in [0.25, 0.3) is 0 Å². The second-order valence-electron chi connectivity index (χ2n) is 5.74. The summed E-state index contributed by atoms with van der Waals surface area (Å²) >= 11 is 0. The Morgan fingerprint density at radius 2 is 1.95 bits per heavy atom. The average Bonchev–Trinajstić information content (AvgIpc) is 2.84. The van der Waals surface area contributed by atoms with Gasteiger partial charge in [-0.05, 0) is 32.8 Å². The number of hydrogen-bond acceptors (Lipinski definition) is 3. The van der Waals surface area contributed by atoms with Crippen LogP contribution in [0.4, 0.5) is 0 Å². The van der Waals surface area contributed by atoms with Crippen molar-refractivity contribution in [3.05, 3.63) is 52.9 Å². The zero-order chi connectivity index (χ0) is 16.1. The molecular weight excluding hydrogens is 276 g/mol. The van der Waals surface area contributed by atoms with E-state index < -0.39 is 0 Å². The lowest BCUT2D eigenvalue weighted by molar-refractivity contribution is -0.133. The van der Waals surface area contributed by atoms with Crippen molar-refractivity contribution in [2.45, 2.75) is 53.1 Å². The lowest BCUT2D eigenvalue weighted by Gasteiger charge is -2.29. The van der Waals surface area contributed by atoms with Crippen LogP contribution in [0.25, 0.3) is 0 Å². The zero-order valence-corrected chi connectivity index (χ0v) is 13.8. The molecule has 0 N–H and O–H groups in total. The molecule has 0 saturated heterocycles. The van der Waals surface area contributed by atoms with Crippen LogP contribution in [0, 0.1) is 13.8 Å². The molecule has 118 valence electrons. The number of carbonyl (C=O) groups excluding carboxylic acids is 1. The molecule has 0 spiro atoms. The minimum atomic E-state index is 0.118. The third-order valence-electron chi connectivity index (χ3n) is 4.15. The molecule has 0 aliphatic rings. The Bertz CT molecular complexity index is 600. The topological polar surface area (TPSA) is 46.3 Å². The molecule has 4 heteroatoms. The van der Waals surface area contributed by atoms with Crippen molar-refractivity contribution in [3.8, 4) is 0 Å². The molecule has 1 atom stereocenters. The average molecular weight is 300 g/mol. The molecule has 2 aromatic rings. The van der Waals surface area contributed by atoms with Gasteiger partial charge in [-0.3, -0.25) is 4.79 Å². The summed E-state index contributed by atoms with van der Waals surface area (Å²) in [6, 6.07) is 10.3.